The number of H-pyrrole nitrogens is 1. The lowest BCUT2D eigenvalue weighted by Crippen LogP contribution is -2.33. The predicted molar refractivity (Wildman–Crippen MR) is 61.8 cm³/mol. The van der Waals surface area contributed by atoms with Gasteiger partial charge in [0.15, 0.2) is 5.03 Å². The van der Waals surface area contributed by atoms with Crippen LogP contribution >= 0.6 is 0 Å². The van der Waals surface area contributed by atoms with E-state index in [1.165, 1.54) is 0 Å². The van der Waals surface area contributed by atoms with E-state index in [4.69, 9.17) is 9.84 Å². The van der Waals surface area contributed by atoms with E-state index in [1.54, 1.807) is 13.8 Å². The number of hydrogen-bond acceptors (Lipinski definition) is 5. The monoisotopic (exact) mass is 277 g/mol. The first-order valence-corrected chi connectivity index (χ1v) is 6.74. The highest BCUT2D eigenvalue weighted by Crippen LogP contribution is 2.11. The van der Waals surface area contributed by atoms with Crippen molar-refractivity contribution in [1.29, 1.82) is 0 Å². The molecule has 0 aliphatic carbocycles. The minimum Gasteiger partial charge on any atom is -0.478 e. The molecule has 102 valence electrons. The van der Waals surface area contributed by atoms with Gasteiger partial charge in [-0.05, 0) is 13.8 Å². The summed E-state index contributed by atoms with van der Waals surface area (Å²) < 4.78 is 31.1. The highest BCUT2D eigenvalue weighted by Gasteiger charge is 2.24. The van der Waals surface area contributed by atoms with E-state index in [0.29, 0.717) is 6.61 Å². The summed E-state index contributed by atoms with van der Waals surface area (Å²) in [5.41, 5.74) is -0.397. The van der Waals surface area contributed by atoms with Gasteiger partial charge in [0.05, 0.1) is 12.3 Å². The van der Waals surface area contributed by atoms with Crippen molar-refractivity contribution in [2.75, 3.05) is 13.2 Å². The van der Waals surface area contributed by atoms with Crippen LogP contribution in [0, 0.1) is 0 Å². The minimum atomic E-state index is -3.93. The van der Waals surface area contributed by atoms with Gasteiger partial charge in [0, 0.05) is 13.2 Å². The fraction of sp³-hybridized carbons (Fsp3) is 0.556. The molecule has 0 saturated carbocycles. The van der Waals surface area contributed by atoms with E-state index >= 15 is 0 Å². The number of aromatic nitrogens is 2. The molecule has 8 nitrogen and oxygen atoms in total. The van der Waals surface area contributed by atoms with Gasteiger partial charge < -0.3 is 9.84 Å². The molecule has 0 bridgehead atoms. The van der Waals surface area contributed by atoms with Crippen LogP contribution in [0.3, 0.4) is 0 Å². The third-order valence-electron chi connectivity index (χ3n) is 2.12. The zero-order chi connectivity index (χ0) is 13.8. The van der Waals surface area contributed by atoms with Crippen LogP contribution in [0.1, 0.15) is 24.2 Å². The van der Waals surface area contributed by atoms with Crippen LogP contribution in [0.4, 0.5) is 0 Å². The van der Waals surface area contributed by atoms with Gasteiger partial charge in [-0.3, -0.25) is 5.10 Å². The van der Waals surface area contributed by atoms with Crippen LogP contribution < -0.4 is 4.72 Å². The number of aromatic carboxylic acids is 1. The number of nitrogens with zero attached hydrogens (tertiary/aromatic N) is 1. The Morgan fingerprint density at radius 2 is 2.33 bits per heavy atom. The molecule has 1 aromatic rings. The summed E-state index contributed by atoms with van der Waals surface area (Å²) in [4.78, 5) is 10.8. The number of sulfonamides is 1. The zero-order valence-corrected chi connectivity index (χ0v) is 10.8. The Balaban J connectivity index is 2.80. The Hall–Kier alpha value is -1.45. The average molecular weight is 277 g/mol. The Morgan fingerprint density at radius 3 is 2.89 bits per heavy atom. The molecule has 0 amide bonds. The second-order valence-corrected chi connectivity index (χ2v) is 5.24. The molecule has 3 N–H and O–H groups in total. The number of carboxylic acids is 1. The summed E-state index contributed by atoms with van der Waals surface area (Å²) in [6.45, 7) is 4.01. The molecule has 0 radical (unpaired) electrons. The highest BCUT2D eigenvalue weighted by molar-refractivity contribution is 7.89. The first kappa shape index (κ1) is 14.6. The smallest absolute Gasteiger partial charge is 0.340 e. The number of rotatable bonds is 7. The number of hydrogen-bond donors (Lipinski definition) is 3. The van der Waals surface area contributed by atoms with E-state index in [1.807, 2.05) is 0 Å². The lowest BCUT2D eigenvalue weighted by molar-refractivity contribution is 0.0692. The van der Waals surface area contributed by atoms with Gasteiger partial charge in [-0.1, -0.05) is 0 Å². The maximum Gasteiger partial charge on any atom is 0.340 e. The van der Waals surface area contributed by atoms with Gasteiger partial charge in [-0.25, -0.2) is 17.9 Å². The fourth-order valence-electron chi connectivity index (χ4n) is 1.27. The maximum atomic E-state index is 11.8. The van der Waals surface area contributed by atoms with Gasteiger partial charge in [0.25, 0.3) is 10.0 Å². The standard InChI is InChI=1S/C9H15N3O5S/c1-3-17-6(2)4-11-18(15,16)8-7(9(13)14)5-10-12-8/h5-6,11H,3-4H2,1-2H3,(H,10,12)(H,13,14). The topological polar surface area (TPSA) is 121 Å². The van der Waals surface area contributed by atoms with E-state index in [9.17, 15) is 13.2 Å². The molecule has 1 atom stereocenters. The summed E-state index contributed by atoms with van der Waals surface area (Å²) in [5.74, 6) is -1.36. The molecule has 0 spiro atoms. The van der Waals surface area contributed by atoms with E-state index in [2.05, 4.69) is 14.9 Å². The summed E-state index contributed by atoms with van der Waals surface area (Å²) >= 11 is 0. The third kappa shape index (κ3) is 3.52. The first-order chi connectivity index (χ1) is 8.38. The Morgan fingerprint density at radius 1 is 1.67 bits per heavy atom. The SMILES string of the molecule is CCOC(C)CNS(=O)(=O)c1[nH]ncc1C(=O)O. The van der Waals surface area contributed by atoms with Crippen LogP contribution in [-0.2, 0) is 14.8 Å². The molecule has 0 aliphatic heterocycles. The van der Waals surface area contributed by atoms with Crippen molar-refractivity contribution >= 4 is 16.0 Å². The number of aromatic amines is 1. The molecule has 18 heavy (non-hydrogen) atoms. The fourth-order valence-corrected chi connectivity index (χ4v) is 2.48. The van der Waals surface area contributed by atoms with Crippen LogP contribution in [-0.4, -0.2) is 48.9 Å². The second-order valence-electron chi connectivity index (χ2n) is 3.54. The minimum absolute atomic E-state index is 0.0499. The van der Waals surface area contributed by atoms with Crippen molar-refractivity contribution < 1.29 is 23.1 Å². The second kappa shape index (κ2) is 5.94. The van der Waals surface area contributed by atoms with Crippen LogP contribution in [0.15, 0.2) is 11.2 Å². The molecule has 9 heteroatoms. The van der Waals surface area contributed by atoms with Gasteiger partial charge in [-0.15, -0.1) is 0 Å². The molecule has 1 rings (SSSR count). The largest absolute Gasteiger partial charge is 0.478 e. The summed E-state index contributed by atoms with van der Waals surface area (Å²) in [7, 11) is -3.93. The molecule has 1 aromatic heterocycles. The molecule has 0 saturated heterocycles. The molecule has 0 aliphatic rings. The van der Waals surface area contributed by atoms with Crippen molar-refractivity contribution in [2.45, 2.75) is 25.0 Å². The molecular weight excluding hydrogens is 262 g/mol. The quantitative estimate of drug-likeness (QED) is 0.635. The first-order valence-electron chi connectivity index (χ1n) is 5.26. The van der Waals surface area contributed by atoms with E-state index in [0.717, 1.165) is 6.20 Å². The zero-order valence-electron chi connectivity index (χ0n) is 10.0. The Kier molecular flexibility index (Phi) is 4.82. The number of nitrogens with one attached hydrogen (secondary N) is 2. The van der Waals surface area contributed by atoms with Gasteiger partial charge in [0.2, 0.25) is 0 Å². The van der Waals surface area contributed by atoms with Crippen LogP contribution in [0.5, 0.6) is 0 Å². The van der Waals surface area contributed by atoms with E-state index in [-0.39, 0.29) is 12.6 Å². The van der Waals surface area contributed by atoms with Crippen LogP contribution in [0.2, 0.25) is 0 Å². The molecule has 0 fully saturated rings. The number of ether oxygens (including phenoxy) is 1. The predicted octanol–water partition coefficient (Wildman–Crippen LogP) is -0.189. The molecule has 0 aromatic carbocycles. The normalized spacial score (nSPS) is 13.4. The lowest BCUT2D eigenvalue weighted by Gasteiger charge is -2.12. The highest BCUT2D eigenvalue weighted by atomic mass is 32.2. The lowest BCUT2D eigenvalue weighted by atomic mass is 10.4. The molecular formula is C9H15N3O5S. The summed E-state index contributed by atoms with van der Waals surface area (Å²) in [6.07, 6.45) is 0.643. The molecule has 1 heterocycles. The van der Waals surface area contributed by atoms with E-state index < -0.39 is 26.6 Å². The third-order valence-corrected chi connectivity index (χ3v) is 3.51. The van der Waals surface area contributed by atoms with Gasteiger partial charge >= 0.3 is 5.97 Å². The van der Waals surface area contributed by atoms with Crippen molar-refractivity contribution in [3.05, 3.63) is 11.8 Å². The van der Waals surface area contributed by atoms with Crippen molar-refractivity contribution in [3.63, 3.8) is 0 Å². The van der Waals surface area contributed by atoms with Gasteiger partial charge in [-0.2, -0.15) is 5.10 Å². The van der Waals surface area contributed by atoms with Crippen molar-refractivity contribution in [3.8, 4) is 0 Å². The van der Waals surface area contributed by atoms with Gasteiger partial charge in [0.1, 0.15) is 5.56 Å². The maximum absolute atomic E-state index is 11.8. The summed E-state index contributed by atoms with van der Waals surface area (Å²) in [6, 6.07) is 0. The number of carboxylic acid groups (broad SMARTS) is 1. The Bertz CT molecular complexity index is 510. The van der Waals surface area contributed by atoms with Crippen LogP contribution in [0.25, 0.3) is 0 Å². The van der Waals surface area contributed by atoms with Crippen molar-refractivity contribution in [2.24, 2.45) is 0 Å². The number of carbonyl (C=O) groups is 1. The summed E-state index contributed by atoms with van der Waals surface area (Å²) in [5, 5.41) is 13.9. The molecule has 1 unspecified atom stereocenters. The Labute approximate surface area is 104 Å². The average Bonchev–Trinajstić information content (AvgIpc) is 2.76. The van der Waals surface area contributed by atoms with Crippen molar-refractivity contribution in [1.82, 2.24) is 14.9 Å².